The average Bonchev–Trinajstić information content (AvgIpc) is 3.25. The lowest BCUT2D eigenvalue weighted by atomic mass is 9.43. The molecule has 0 aromatic carbocycles. The molecule has 0 bridgehead atoms. The van der Waals surface area contributed by atoms with Crippen molar-refractivity contribution in [1.82, 2.24) is 5.32 Å². The number of aliphatic hydroxyl groups is 2. The van der Waals surface area contributed by atoms with Gasteiger partial charge in [-0.1, -0.05) is 20.8 Å². The summed E-state index contributed by atoms with van der Waals surface area (Å²) in [7, 11) is -4.06. The third kappa shape index (κ3) is 8.92. The fraction of sp³-hybridized carbons (Fsp3) is 0.903. The molecule has 0 aromatic rings. The number of aliphatic carboxylic acids is 2. The minimum Gasteiger partial charge on any atom is -0.481 e. The Morgan fingerprint density at radius 3 is 2.09 bits per heavy atom. The molecule has 1 amide bonds. The zero-order valence-corrected chi connectivity index (χ0v) is 26.7. The number of hydrogen-bond donors (Lipinski definition) is 6. The first-order valence-electron chi connectivity index (χ1n) is 16.0. The minimum absolute atomic E-state index is 0.0625. The van der Waals surface area contributed by atoms with Crippen molar-refractivity contribution in [3.8, 4) is 0 Å². The topological polar surface area (TPSA) is 199 Å². The van der Waals surface area contributed by atoms with Crippen LogP contribution in [0.2, 0.25) is 0 Å². The van der Waals surface area contributed by atoms with E-state index in [9.17, 15) is 33.0 Å². The van der Waals surface area contributed by atoms with Crippen LogP contribution in [0.1, 0.15) is 104 Å². The van der Waals surface area contributed by atoms with E-state index < -0.39 is 27.8 Å². The van der Waals surface area contributed by atoms with Crippen molar-refractivity contribution >= 4 is 28.0 Å². The van der Waals surface area contributed by atoms with Crippen LogP contribution in [-0.2, 0) is 24.5 Å². The highest BCUT2D eigenvalue weighted by Gasteiger charge is 2.62. The molecule has 43 heavy (non-hydrogen) atoms. The quantitative estimate of drug-likeness (QED) is 0.183. The van der Waals surface area contributed by atoms with Crippen LogP contribution in [0.15, 0.2) is 0 Å². The van der Waals surface area contributed by atoms with Crippen LogP contribution in [0.25, 0.3) is 0 Å². The van der Waals surface area contributed by atoms with Crippen LogP contribution in [0.5, 0.6) is 0 Å². The van der Waals surface area contributed by atoms with Gasteiger partial charge in [-0.15, -0.1) is 0 Å². The lowest BCUT2D eigenvalue weighted by Crippen LogP contribution is -2.58. The number of carbonyl (C=O) groups is 3. The van der Waals surface area contributed by atoms with Gasteiger partial charge in [0.25, 0.3) is 10.1 Å². The molecule has 2 unspecified atom stereocenters. The summed E-state index contributed by atoms with van der Waals surface area (Å²) in [6.07, 6.45) is 8.96. The SMILES string of the molecule is C[C@H](CCC(=O)NCCS(=O)(=O)O)[C@H]1CC[C@H]2C3[C@@H](O)CC4C[C@H](O)CC[C@]4(C)[C@H]3CC[C@]12C.O=C(O)CCCC(=O)O. The highest BCUT2D eigenvalue weighted by atomic mass is 32.2. The molecule has 0 spiro atoms. The Morgan fingerprint density at radius 2 is 1.49 bits per heavy atom. The number of hydrogen-bond acceptors (Lipinski definition) is 7. The van der Waals surface area contributed by atoms with Gasteiger partial charge in [-0.25, -0.2) is 0 Å². The van der Waals surface area contributed by atoms with E-state index in [-0.39, 0.29) is 54.8 Å². The first kappa shape index (κ1) is 35.7. The summed E-state index contributed by atoms with van der Waals surface area (Å²) in [6, 6.07) is 0. The smallest absolute Gasteiger partial charge is 0.303 e. The van der Waals surface area contributed by atoms with Crippen LogP contribution in [0.3, 0.4) is 0 Å². The molecule has 0 radical (unpaired) electrons. The third-order valence-corrected chi connectivity index (χ3v) is 12.4. The predicted molar refractivity (Wildman–Crippen MR) is 160 cm³/mol. The second kappa shape index (κ2) is 14.6. The first-order chi connectivity index (χ1) is 20.0. The molecule has 0 saturated heterocycles. The van der Waals surface area contributed by atoms with Gasteiger partial charge in [0.15, 0.2) is 0 Å². The molecule has 4 aliphatic rings. The normalized spacial score (nSPS) is 37.5. The van der Waals surface area contributed by atoms with E-state index >= 15 is 0 Å². The van der Waals surface area contributed by atoms with Gasteiger partial charge in [-0.3, -0.25) is 18.9 Å². The van der Waals surface area contributed by atoms with Crippen LogP contribution in [0.4, 0.5) is 0 Å². The number of carbonyl (C=O) groups excluding carboxylic acids is 1. The van der Waals surface area contributed by atoms with E-state index in [1.807, 2.05) is 0 Å². The van der Waals surface area contributed by atoms with Crippen LogP contribution in [-0.4, -0.2) is 75.7 Å². The summed E-state index contributed by atoms with van der Waals surface area (Å²) in [5.74, 6) is 0.204. The Bertz CT molecular complexity index is 1080. The predicted octanol–water partition coefficient (Wildman–Crippen LogP) is 3.72. The maximum absolute atomic E-state index is 12.2. The summed E-state index contributed by atoms with van der Waals surface area (Å²) in [5.41, 5.74) is 0.411. The van der Waals surface area contributed by atoms with Crippen molar-refractivity contribution in [1.29, 1.82) is 0 Å². The molecule has 0 aromatic heterocycles. The molecule has 248 valence electrons. The molecule has 4 saturated carbocycles. The van der Waals surface area contributed by atoms with E-state index in [1.54, 1.807) is 0 Å². The summed E-state index contributed by atoms with van der Waals surface area (Å²) < 4.78 is 30.5. The van der Waals surface area contributed by atoms with Crippen molar-refractivity contribution in [3.63, 3.8) is 0 Å². The number of carboxylic acid groups (broad SMARTS) is 2. The van der Waals surface area contributed by atoms with E-state index in [1.165, 1.54) is 6.42 Å². The molecular weight excluding hydrogens is 578 g/mol. The van der Waals surface area contributed by atoms with Gasteiger partial charge in [0.05, 0.1) is 18.0 Å². The zero-order valence-electron chi connectivity index (χ0n) is 25.9. The Balaban J connectivity index is 0.000000489. The van der Waals surface area contributed by atoms with Gasteiger partial charge in [-0.2, -0.15) is 8.42 Å². The second-order valence-electron chi connectivity index (χ2n) is 14.2. The molecule has 4 fully saturated rings. The van der Waals surface area contributed by atoms with Crippen molar-refractivity contribution < 1.29 is 47.8 Å². The lowest BCUT2D eigenvalue weighted by Gasteiger charge is -2.62. The molecule has 12 heteroatoms. The number of carboxylic acids is 2. The number of aliphatic hydroxyl groups excluding tert-OH is 2. The Hall–Kier alpha value is -1.76. The first-order valence-corrected chi connectivity index (χ1v) is 17.6. The molecule has 10 atom stereocenters. The van der Waals surface area contributed by atoms with Crippen molar-refractivity contribution in [3.05, 3.63) is 0 Å². The molecule has 0 heterocycles. The number of amides is 1. The molecule has 6 N–H and O–H groups in total. The molecule has 0 aliphatic heterocycles. The standard InChI is InChI=1S/C26H45NO6S.C5H8O4/c1-16(4-7-23(30)27-12-13-34(31,32)33)19-5-6-20-24-21(9-11-26(19,20)3)25(2)10-8-18(28)14-17(25)15-22(24)29;6-4(7)2-1-3-5(8)9/h16-22,24,28-29H,4-15H2,1-3H3,(H,27,30)(H,31,32,33);1-3H2,(H,6,7)(H,8,9)/t16-,17?,18-,19-,20+,21+,22+,24?,25+,26-;/m1./s1. The average molecular weight is 632 g/mol. The van der Waals surface area contributed by atoms with Gasteiger partial charge in [-0.05, 0) is 111 Å². The van der Waals surface area contributed by atoms with Gasteiger partial charge in [0.2, 0.25) is 5.91 Å². The summed E-state index contributed by atoms with van der Waals surface area (Å²) in [6.45, 7) is 7.05. The van der Waals surface area contributed by atoms with Gasteiger partial charge < -0.3 is 25.7 Å². The number of rotatable bonds is 11. The molecule has 4 aliphatic carbocycles. The number of nitrogens with one attached hydrogen (secondary N) is 1. The number of fused-ring (bicyclic) bond motifs is 5. The van der Waals surface area contributed by atoms with E-state index in [2.05, 4.69) is 26.1 Å². The van der Waals surface area contributed by atoms with Crippen molar-refractivity contribution in [2.24, 2.45) is 46.3 Å². The van der Waals surface area contributed by atoms with Crippen LogP contribution in [0, 0.1) is 46.3 Å². The van der Waals surface area contributed by atoms with E-state index in [4.69, 9.17) is 14.8 Å². The largest absolute Gasteiger partial charge is 0.481 e. The minimum atomic E-state index is -4.06. The highest BCUT2D eigenvalue weighted by Crippen LogP contribution is 2.68. The van der Waals surface area contributed by atoms with E-state index in [0.717, 1.165) is 51.4 Å². The summed E-state index contributed by atoms with van der Waals surface area (Å²) in [4.78, 5) is 31.8. The summed E-state index contributed by atoms with van der Waals surface area (Å²) >= 11 is 0. The molecule has 4 rings (SSSR count). The van der Waals surface area contributed by atoms with Crippen molar-refractivity contribution in [2.45, 2.75) is 116 Å². The molecular formula is C31H53NO10S. The monoisotopic (exact) mass is 631 g/mol. The fourth-order valence-corrected chi connectivity index (χ4v) is 9.89. The van der Waals surface area contributed by atoms with Gasteiger partial charge >= 0.3 is 11.9 Å². The Morgan fingerprint density at radius 1 is 0.884 bits per heavy atom. The lowest BCUT2D eigenvalue weighted by molar-refractivity contribution is -0.174. The zero-order chi connectivity index (χ0) is 32.2. The van der Waals surface area contributed by atoms with Gasteiger partial charge in [0.1, 0.15) is 0 Å². The van der Waals surface area contributed by atoms with Gasteiger partial charge in [0, 0.05) is 25.8 Å². The Kier molecular flexibility index (Phi) is 12.1. The maximum Gasteiger partial charge on any atom is 0.303 e. The second-order valence-corrected chi connectivity index (χ2v) is 15.8. The fourth-order valence-electron chi connectivity index (χ4n) is 9.53. The maximum atomic E-state index is 12.2. The molecule has 11 nitrogen and oxygen atoms in total. The Labute approximate surface area is 256 Å². The van der Waals surface area contributed by atoms with Crippen LogP contribution >= 0.6 is 0 Å². The summed E-state index contributed by atoms with van der Waals surface area (Å²) in [5, 5.41) is 40.3. The van der Waals surface area contributed by atoms with E-state index in [0.29, 0.717) is 41.9 Å². The third-order valence-electron chi connectivity index (χ3n) is 11.7. The van der Waals surface area contributed by atoms with Crippen LogP contribution < -0.4 is 5.32 Å². The van der Waals surface area contributed by atoms with Crippen molar-refractivity contribution in [2.75, 3.05) is 12.3 Å². The highest BCUT2D eigenvalue weighted by molar-refractivity contribution is 7.85.